The van der Waals surface area contributed by atoms with E-state index in [-0.39, 0.29) is 11.1 Å². The summed E-state index contributed by atoms with van der Waals surface area (Å²) >= 11 is 0.954. The second kappa shape index (κ2) is 8.71. The second-order valence-corrected chi connectivity index (χ2v) is 8.30. The van der Waals surface area contributed by atoms with E-state index >= 15 is 0 Å². The van der Waals surface area contributed by atoms with Gasteiger partial charge in [-0.05, 0) is 42.7 Å². The van der Waals surface area contributed by atoms with Gasteiger partial charge in [0.2, 0.25) is 5.91 Å². The SMILES string of the molecule is Cc1cccc2c(=O)[nH]n(C(=O)NC(=O)COc3ccc(CC4SC(=O)NC4=O)cc3)c12. The Morgan fingerprint density at radius 3 is 2.56 bits per heavy atom. The molecule has 2 heterocycles. The van der Waals surface area contributed by atoms with Crippen LogP contribution in [0.4, 0.5) is 9.59 Å². The molecule has 11 heteroatoms. The molecule has 1 unspecified atom stereocenters. The lowest BCUT2D eigenvalue weighted by Gasteiger charge is -2.09. The fourth-order valence-corrected chi connectivity index (χ4v) is 4.19. The maximum absolute atomic E-state index is 12.5. The summed E-state index contributed by atoms with van der Waals surface area (Å²) in [6.45, 7) is 1.34. The third-order valence-corrected chi connectivity index (χ3v) is 5.83. The van der Waals surface area contributed by atoms with Crippen LogP contribution in [0, 0.1) is 6.92 Å². The fourth-order valence-electron chi connectivity index (χ4n) is 3.33. The average Bonchev–Trinajstić information content (AvgIpc) is 3.26. The molecule has 2 aromatic carbocycles. The number of carbonyl (C=O) groups is 4. The van der Waals surface area contributed by atoms with Gasteiger partial charge >= 0.3 is 6.03 Å². The smallest absolute Gasteiger partial charge is 0.347 e. The summed E-state index contributed by atoms with van der Waals surface area (Å²) in [5.74, 6) is -0.604. The lowest BCUT2D eigenvalue weighted by Crippen LogP contribution is -2.38. The molecule has 1 fully saturated rings. The zero-order valence-corrected chi connectivity index (χ0v) is 17.7. The van der Waals surface area contributed by atoms with Gasteiger partial charge < -0.3 is 4.74 Å². The van der Waals surface area contributed by atoms with Crippen LogP contribution in [0.3, 0.4) is 0 Å². The molecule has 1 aromatic heterocycles. The second-order valence-electron chi connectivity index (χ2n) is 7.12. The highest BCUT2D eigenvalue weighted by Gasteiger charge is 2.31. The average molecular weight is 454 g/mol. The summed E-state index contributed by atoms with van der Waals surface area (Å²) in [5.41, 5.74) is 1.51. The van der Waals surface area contributed by atoms with Crippen LogP contribution in [0.25, 0.3) is 10.9 Å². The number of nitrogens with zero attached hydrogens (tertiary/aromatic N) is 1. The van der Waals surface area contributed by atoms with E-state index in [0.717, 1.165) is 22.0 Å². The lowest BCUT2D eigenvalue weighted by molar-refractivity contribution is -0.122. The summed E-state index contributed by atoms with van der Waals surface area (Å²) in [7, 11) is 0. The quantitative estimate of drug-likeness (QED) is 0.533. The molecule has 1 atom stereocenters. The molecule has 4 rings (SSSR count). The zero-order chi connectivity index (χ0) is 22.8. The molecule has 1 saturated heterocycles. The Hall–Kier alpha value is -3.86. The number of para-hydroxylation sites is 1. The van der Waals surface area contributed by atoms with Gasteiger partial charge in [-0.1, -0.05) is 36.0 Å². The Balaban J connectivity index is 1.33. The number of H-pyrrole nitrogens is 1. The Morgan fingerprint density at radius 1 is 1.12 bits per heavy atom. The summed E-state index contributed by atoms with van der Waals surface area (Å²) < 4.78 is 6.40. The number of imide groups is 2. The van der Waals surface area contributed by atoms with E-state index in [2.05, 4.69) is 15.7 Å². The monoisotopic (exact) mass is 454 g/mol. The van der Waals surface area contributed by atoms with Gasteiger partial charge in [0, 0.05) is 0 Å². The van der Waals surface area contributed by atoms with Gasteiger partial charge in [-0.15, -0.1) is 0 Å². The lowest BCUT2D eigenvalue weighted by atomic mass is 10.1. The van der Waals surface area contributed by atoms with Gasteiger partial charge in [0.25, 0.3) is 16.7 Å². The molecule has 164 valence electrons. The zero-order valence-electron chi connectivity index (χ0n) is 16.8. The number of hydrogen-bond acceptors (Lipinski definition) is 7. The van der Waals surface area contributed by atoms with Crippen molar-refractivity contribution in [2.45, 2.75) is 18.6 Å². The standard InChI is InChI=1S/C21H18N4O6S/c1-11-3-2-4-14-17(11)25(24-18(14)27)20(29)22-16(26)10-31-13-7-5-12(6-8-13)9-15-19(28)23-21(30)32-15/h2-8,15H,9-10H2,1H3,(H,24,27)(H,22,26,29)(H,23,28,30). The highest BCUT2D eigenvalue weighted by Crippen LogP contribution is 2.23. The van der Waals surface area contributed by atoms with Gasteiger partial charge in [0.1, 0.15) is 5.75 Å². The minimum absolute atomic E-state index is 0.311. The predicted octanol–water partition coefficient (Wildman–Crippen LogP) is 1.70. The van der Waals surface area contributed by atoms with E-state index in [0.29, 0.717) is 28.6 Å². The van der Waals surface area contributed by atoms with Crippen molar-refractivity contribution in [3.05, 3.63) is 63.9 Å². The number of hydrogen-bond donors (Lipinski definition) is 3. The van der Waals surface area contributed by atoms with Gasteiger partial charge in [0.05, 0.1) is 16.2 Å². The first-order valence-corrected chi connectivity index (χ1v) is 10.5. The van der Waals surface area contributed by atoms with Gasteiger partial charge in [-0.2, -0.15) is 0 Å². The number of nitrogens with one attached hydrogen (secondary N) is 3. The fraction of sp³-hybridized carbons (Fsp3) is 0.190. The van der Waals surface area contributed by atoms with Crippen LogP contribution in [0.2, 0.25) is 0 Å². The molecule has 1 aliphatic heterocycles. The first-order chi connectivity index (χ1) is 15.3. The first kappa shape index (κ1) is 21.4. The van der Waals surface area contributed by atoms with Crippen molar-refractivity contribution in [3.63, 3.8) is 0 Å². The number of carbonyl (C=O) groups excluding carboxylic acids is 4. The molecule has 4 amide bonds. The number of thioether (sulfide) groups is 1. The van der Waals surface area contributed by atoms with Gasteiger partial charge in [0.15, 0.2) is 6.61 Å². The van der Waals surface area contributed by atoms with Crippen LogP contribution in [0.15, 0.2) is 47.3 Å². The predicted molar refractivity (Wildman–Crippen MR) is 117 cm³/mol. The first-order valence-electron chi connectivity index (χ1n) is 9.59. The number of aromatic amines is 1. The van der Waals surface area contributed by atoms with E-state index in [1.807, 2.05) is 0 Å². The Kier molecular flexibility index (Phi) is 5.82. The third kappa shape index (κ3) is 4.42. The molecule has 3 N–H and O–H groups in total. The van der Waals surface area contributed by atoms with Crippen molar-refractivity contribution in [3.8, 4) is 5.75 Å². The molecular weight excluding hydrogens is 436 g/mol. The maximum atomic E-state index is 12.5. The van der Waals surface area contributed by atoms with Crippen molar-refractivity contribution >= 4 is 45.7 Å². The van der Waals surface area contributed by atoms with Crippen LogP contribution < -0.4 is 20.9 Å². The van der Waals surface area contributed by atoms with E-state index in [9.17, 15) is 24.0 Å². The van der Waals surface area contributed by atoms with Crippen LogP contribution >= 0.6 is 11.8 Å². The maximum Gasteiger partial charge on any atom is 0.347 e. The number of rotatable bonds is 5. The number of fused-ring (bicyclic) bond motifs is 1. The Bertz CT molecular complexity index is 1290. The van der Waals surface area contributed by atoms with Crippen molar-refractivity contribution in [2.24, 2.45) is 0 Å². The Labute approximate surface area is 185 Å². The molecule has 0 bridgehead atoms. The van der Waals surface area contributed by atoms with Crippen LogP contribution in [-0.2, 0) is 16.0 Å². The highest BCUT2D eigenvalue weighted by atomic mass is 32.2. The molecule has 0 saturated carbocycles. The van der Waals surface area contributed by atoms with E-state index in [1.165, 1.54) is 0 Å². The molecule has 0 radical (unpaired) electrons. The Morgan fingerprint density at radius 2 is 1.88 bits per heavy atom. The number of amides is 4. The largest absolute Gasteiger partial charge is 0.484 e. The summed E-state index contributed by atoms with van der Waals surface area (Å²) in [6.07, 6.45) is 0.389. The number of aryl methyl sites for hydroxylation is 1. The molecular formula is C21H18N4O6S. The normalized spacial score (nSPS) is 15.6. The summed E-state index contributed by atoms with van der Waals surface area (Å²) in [6, 6.07) is 11.0. The molecule has 10 nitrogen and oxygen atoms in total. The van der Waals surface area contributed by atoms with Crippen LogP contribution in [0.5, 0.6) is 5.75 Å². The van der Waals surface area contributed by atoms with Crippen LogP contribution in [0.1, 0.15) is 11.1 Å². The number of ether oxygens (including phenoxy) is 1. The van der Waals surface area contributed by atoms with Crippen molar-refractivity contribution in [1.82, 2.24) is 20.4 Å². The topological polar surface area (TPSA) is 139 Å². The van der Waals surface area contributed by atoms with Gasteiger partial charge in [-0.3, -0.25) is 34.9 Å². The number of aromatic nitrogens is 2. The van der Waals surface area contributed by atoms with Crippen molar-refractivity contribution < 1.29 is 23.9 Å². The highest BCUT2D eigenvalue weighted by molar-refractivity contribution is 8.15. The van der Waals surface area contributed by atoms with Crippen molar-refractivity contribution in [2.75, 3.05) is 6.61 Å². The van der Waals surface area contributed by atoms with E-state index in [1.54, 1.807) is 49.4 Å². The molecule has 32 heavy (non-hydrogen) atoms. The molecule has 3 aromatic rings. The van der Waals surface area contributed by atoms with Crippen LogP contribution in [-0.4, -0.2) is 44.7 Å². The third-order valence-electron chi connectivity index (χ3n) is 4.85. The minimum atomic E-state index is -0.794. The summed E-state index contributed by atoms with van der Waals surface area (Å²) in [4.78, 5) is 59.5. The molecule has 0 aliphatic carbocycles. The van der Waals surface area contributed by atoms with Gasteiger partial charge in [-0.25, -0.2) is 9.48 Å². The van der Waals surface area contributed by atoms with E-state index < -0.39 is 29.4 Å². The number of benzene rings is 2. The minimum Gasteiger partial charge on any atom is -0.484 e. The van der Waals surface area contributed by atoms with Crippen molar-refractivity contribution in [1.29, 1.82) is 0 Å². The van der Waals surface area contributed by atoms with E-state index in [4.69, 9.17) is 4.74 Å². The molecule has 0 spiro atoms. The summed E-state index contributed by atoms with van der Waals surface area (Å²) in [5, 5.41) is 6.37. The molecule has 1 aliphatic rings.